The Morgan fingerprint density at radius 2 is 1.66 bits per heavy atom. The molecular weight excluding hydrogens is 418 g/mol. The molecule has 1 unspecified atom stereocenters. The number of carbonyl (C=O) groups excluding carboxylic acids is 1. The number of amides is 1. The molecule has 0 bridgehead atoms. The van der Waals surface area contributed by atoms with Gasteiger partial charge in [-0.15, -0.1) is 0 Å². The molecule has 2 heterocycles. The van der Waals surface area contributed by atoms with Crippen LogP contribution < -0.4 is 5.43 Å². The molecule has 0 spiro atoms. The minimum absolute atomic E-state index is 0.00746. The Hall–Kier alpha value is -3.38. The Morgan fingerprint density at radius 1 is 1.00 bits per heavy atom. The van der Waals surface area contributed by atoms with Gasteiger partial charge in [0, 0.05) is 22.6 Å². The van der Waals surface area contributed by atoms with Crippen LogP contribution in [0.5, 0.6) is 0 Å². The first kappa shape index (κ1) is 20.5. The SMILES string of the molecule is Cc1cccc(N=C2SC(C)CN2C(=O)Cn2c3ccccc3c(=O)c3ccccc32)c1. The summed E-state index contributed by atoms with van der Waals surface area (Å²) in [6, 6.07) is 22.9. The zero-order valence-corrected chi connectivity index (χ0v) is 18.8. The van der Waals surface area contributed by atoms with Gasteiger partial charge in [-0.3, -0.25) is 14.5 Å². The van der Waals surface area contributed by atoms with Gasteiger partial charge in [-0.05, 0) is 48.9 Å². The predicted molar refractivity (Wildman–Crippen MR) is 133 cm³/mol. The highest BCUT2D eigenvalue weighted by Gasteiger charge is 2.31. The molecule has 3 aromatic carbocycles. The zero-order chi connectivity index (χ0) is 22.2. The molecule has 0 radical (unpaired) electrons. The molecule has 5 nitrogen and oxygen atoms in total. The molecule has 1 fully saturated rings. The van der Waals surface area contributed by atoms with Crippen molar-refractivity contribution < 1.29 is 4.79 Å². The number of para-hydroxylation sites is 2. The fourth-order valence-corrected chi connectivity index (χ4v) is 5.23. The summed E-state index contributed by atoms with van der Waals surface area (Å²) in [4.78, 5) is 33.1. The first-order valence-corrected chi connectivity index (χ1v) is 11.5. The third-order valence-electron chi connectivity index (χ3n) is 5.68. The van der Waals surface area contributed by atoms with E-state index >= 15 is 0 Å². The summed E-state index contributed by atoms with van der Waals surface area (Å²) in [7, 11) is 0. The standard InChI is InChI=1S/C26H23N3O2S/c1-17-8-7-9-19(14-17)27-26-29(15-18(2)32-26)24(30)16-28-22-12-5-3-10-20(22)25(31)21-11-4-6-13-23(21)28/h3-14,18H,15-16H2,1-2H3. The van der Waals surface area contributed by atoms with Crippen LogP contribution in [0.3, 0.4) is 0 Å². The van der Waals surface area contributed by atoms with E-state index < -0.39 is 0 Å². The summed E-state index contributed by atoms with van der Waals surface area (Å²) in [5.74, 6) is -0.0350. The molecule has 1 atom stereocenters. The second-order valence-corrected chi connectivity index (χ2v) is 9.52. The highest BCUT2D eigenvalue weighted by molar-refractivity contribution is 8.14. The number of fused-ring (bicyclic) bond motifs is 2. The van der Waals surface area contributed by atoms with Crippen molar-refractivity contribution in [2.24, 2.45) is 4.99 Å². The minimum Gasteiger partial charge on any atom is -0.331 e. The molecule has 1 amide bonds. The van der Waals surface area contributed by atoms with Crippen molar-refractivity contribution in [1.82, 2.24) is 9.47 Å². The Labute approximate surface area is 190 Å². The molecule has 1 aliphatic rings. The van der Waals surface area contributed by atoms with Gasteiger partial charge in [-0.25, -0.2) is 4.99 Å². The summed E-state index contributed by atoms with van der Waals surface area (Å²) in [5.41, 5.74) is 3.50. The van der Waals surface area contributed by atoms with Crippen molar-refractivity contribution >= 4 is 50.3 Å². The summed E-state index contributed by atoms with van der Waals surface area (Å²) < 4.78 is 1.95. The second-order valence-electron chi connectivity index (χ2n) is 8.12. The van der Waals surface area contributed by atoms with E-state index in [0.29, 0.717) is 17.3 Å². The van der Waals surface area contributed by atoms with Crippen molar-refractivity contribution in [1.29, 1.82) is 0 Å². The molecule has 160 valence electrons. The lowest BCUT2D eigenvalue weighted by molar-refractivity contribution is -0.127. The molecule has 0 aliphatic carbocycles. The van der Waals surface area contributed by atoms with Crippen molar-refractivity contribution in [2.75, 3.05) is 6.54 Å². The monoisotopic (exact) mass is 441 g/mol. The topological polar surface area (TPSA) is 54.7 Å². The number of benzene rings is 3. The lowest BCUT2D eigenvalue weighted by Crippen LogP contribution is -2.35. The van der Waals surface area contributed by atoms with E-state index in [4.69, 9.17) is 4.99 Å². The summed E-state index contributed by atoms with van der Waals surface area (Å²) in [6.45, 7) is 4.89. The molecule has 0 N–H and O–H groups in total. The third-order valence-corrected chi connectivity index (χ3v) is 6.75. The van der Waals surface area contributed by atoms with Gasteiger partial charge in [-0.1, -0.05) is 55.1 Å². The Morgan fingerprint density at radius 3 is 2.31 bits per heavy atom. The lowest BCUT2D eigenvalue weighted by Gasteiger charge is -2.20. The maximum Gasteiger partial charge on any atom is 0.248 e. The van der Waals surface area contributed by atoms with E-state index in [1.807, 2.05) is 84.3 Å². The van der Waals surface area contributed by atoms with Crippen LogP contribution in [-0.4, -0.2) is 32.3 Å². The van der Waals surface area contributed by atoms with Crippen LogP contribution in [0.1, 0.15) is 12.5 Å². The van der Waals surface area contributed by atoms with Crippen molar-refractivity contribution in [2.45, 2.75) is 25.6 Å². The van der Waals surface area contributed by atoms with Gasteiger partial charge >= 0.3 is 0 Å². The maximum atomic E-state index is 13.5. The minimum atomic E-state index is -0.0350. The van der Waals surface area contributed by atoms with Crippen LogP contribution in [0, 0.1) is 6.92 Å². The van der Waals surface area contributed by atoms with Gasteiger partial charge in [0.15, 0.2) is 10.6 Å². The number of nitrogens with zero attached hydrogens (tertiary/aromatic N) is 3. The van der Waals surface area contributed by atoms with Crippen LogP contribution in [0.15, 0.2) is 82.6 Å². The van der Waals surface area contributed by atoms with Crippen LogP contribution in [-0.2, 0) is 11.3 Å². The molecule has 4 aromatic rings. The molecule has 1 aliphatic heterocycles. The normalized spacial score (nSPS) is 17.5. The van der Waals surface area contributed by atoms with E-state index in [1.165, 1.54) is 0 Å². The molecule has 1 saturated heterocycles. The summed E-state index contributed by atoms with van der Waals surface area (Å²) >= 11 is 1.62. The molecule has 32 heavy (non-hydrogen) atoms. The van der Waals surface area contributed by atoms with Crippen molar-refractivity contribution in [3.63, 3.8) is 0 Å². The van der Waals surface area contributed by atoms with E-state index in [-0.39, 0.29) is 23.1 Å². The fourth-order valence-electron chi connectivity index (χ4n) is 4.19. The van der Waals surface area contributed by atoms with Gasteiger partial charge in [0.2, 0.25) is 5.91 Å². The average Bonchev–Trinajstić information content (AvgIpc) is 3.16. The number of carbonyl (C=O) groups is 1. The molecular formula is C26H23N3O2S. The zero-order valence-electron chi connectivity index (χ0n) is 18.0. The van der Waals surface area contributed by atoms with Gasteiger partial charge in [0.1, 0.15) is 6.54 Å². The Kier molecular flexibility index (Phi) is 5.31. The number of thioether (sulfide) groups is 1. The third kappa shape index (κ3) is 3.71. The first-order chi connectivity index (χ1) is 15.5. The smallest absolute Gasteiger partial charge is 0.248 e. The predicted octanol–water partition coefficient (Wildman–Crippen LogP) is 5.11. The number of amidine groups is 1. The highest BCUT2D eigenvalue weighted by atomic mass is 32.2. The number of aryl methyl sites for hydroxylation is 1. The quantitative estimate of drug-likeness (QED) is 0.415. The fraction of sp³-hybridized carbons (Fsp3) is 0.192. The number of hydrogen-bond donors (Lipinski definition) is 0. The van der Waals surface area contributed by atoms with Crippen LogP contribution in [0.2, 0.25) is 0 Å². The average molecular weight is 442 g/mol. The lowest BCUT2D eigenvalue weighted by atomic mass is 10.1. The Bertz CT molecular complexity index is 1380. The number of hydrogen-bond acceptors (Lipinski definition) is 4. The van der Waals surface area contributed by atoms with Crippen LogP contribution in [0.25, 0.3) is 21.8 Å². The van der Waals surface area contributed by atoms with Gasteiger partial charge < -0.3 is 4.57 Å². The molecule has 0 saturated carbocycles. The van der Waals surface area contributed by atoms with E-state index in [9.17, 15) is 9.59 Å². The van der Waals surface area contributed by atoms with Gasteiger partial charge in [0.25, 0.3) is 0 Å². The number of aromatic nitrogens is 1. The molecule has 6 heteroatoms. The molecule has 1 aromatic heterocycles. The van der Waals surface area contributed by atoms with Crippen molar-refractivity contribution in [3.8, 4) is 0 Å². The highest BCUT2D eigenvalue weighted by Crippen LogP contribution is 2.29. The van der Waals surface area contributed by atoms with Gasteiger partial charge in [0.05, 0.1) is 16.7 Å². The number of pyridine rings is 1. The number of rotatable bonds is 3. The Balaban J connectivity index is 1.57. The number of aliphatic imine (C=N–C) groups is 1. The van der Waals surface area contributed by atoms with Crippen LogP contribution in [0.4, 0.5) is 5.69 Å². The molecule has 5 rings (SSSR count). The van der Waals surface area contributed by atoms with E-state index in [2.05, 4.69) is 6.92 Å². The van der Waals surface area contributed by atoms with E-state index in [0.717, 1.165) is 27.5 Å². The largest absolute Gasteiger partial charge is 0.331 e. The van der Waals surface area contributed by atoms with E-state index in [1.54, 1.807) is 16.7 Å². The first-order valence-electron chi connectivity index (χ1n) is 10.6. The van der Waals surface area contributed by atoms with Gasteiger partial charge in [-0.2, -0.15) is 0 Å². The summed E-state index contributed by atoms with van der Waals surface area (Å²) in [6.07, 6.45) is 0. The summed E-state index contributed by atoms with van der Waals surface area (Å²) in [5, 5.41) is 2.24. The maximum absolute atomic E-state index is 13.5. The van der Waals surface area contributed by atoms with Crippen LogP contribution >= 0.6 is 11.8 Å². The van der Waals surface area contributed by atoms with Crippen molar-refractivity contribution in [3.05, 3.63) is 88.6 Å². The second kappa shape index (κ2) is 8.28.